The summed E-state index contributed by atoms with van der Waals surface area (Å²) in [7, 11) is 0. The molecule has 0 bridgehead atoms. The number of rotatable bonds is 4. The van der Waals surface area contributed by atoms with Crippen molar-refractivity contribution in [3.8, 4) is 0 Å². The van der Waals surface area contributed by atoms with Gasteiger partial charge in [0.25, 0.3) is 0 Å². The summed E-state index contributed by atoms with van der Waals surface area (Å²) in [4.78, 5) is 0. The SMILES string of the molecule is N[C@H]1C(OCc2ccccc2)O[C@@H]2COC(c3ccccc3)O[C@H]2[C@@H]1O. The van der Waals surface area contributed by atoms with Crippen LogP contribution in [-0.4, -0.2) is 42.4 Å². The number of ether oxygens (including phenoxy) is 4. The van der Waals surface area contributed by atoms with Crippen molar-refractivity contribution in [3.63, 3.8) is 0 Å². The number of hydrogen-bond donors (Lipinski definition) is 2. The van der Waals surface area contributed by atoms with Gasteiger partial charge in [-0.3, -0.25) is 0 Å². The topological polar surface area (TPSA) is 83.2 Å². The Bertz CT molecular complexity index is 696. The van der Waals surface area contributed by atoms with E-state index >= 15 is 0 Å². The summed E-state index contributed by atoms with van der Waals surface area (Å²) < 4.78 is 23.4. The van der Waals surface area contributed by atoms with Crippen LogP contribution < -0.4 is 5.73 Å². The van der Waals surface area contributed by atoms with Crippen molar-refractivity contribution in [2.75, 3.05) is 6.61 Å². The molecule has 6 atom stereocenters. The number of hydrogen-bond acceptors (Lipinski definition) is 6. The van der Waals surface area contributed by atoms with Crippen LogP contribution in [0.25, 0.3) is 0 Å². The molecule has 2 aromatic rings. The Kier molecular flexibility index (Phi) is 5.31. The standard InChI is InChI=1S/C20H23NO5/c21-16-17(22)18-15(12-24-19(26-18)14-9-5-2-6-10-14)25-20(16)23-11-13-7-3-1-4-8-13/h1-10,15-20,22H,11-12,21H2/t15-,16-,17-,18-,19?,20?/m1/s1. The second kappa shape index (κ2) is 7.84. The number of nitrogens with two attached hydrogens (primary N) is 1. The van der Waals surface area contributed by atoms with Crippen LogP contribution in [0.5, 0.6) is 0 Å². The van der Waals surface area contributed by atoms with Crippen LogP contribution >= 0.6 is 0 Å². The molecule has 0 amide bonds. The zero-order valence-electron chi connectivity index (χ0n) is 14.3. The second-order valence-corrected chi connectivity index (χ2v) is 6.58. The van der Waals surface area contributed by atoms with Crippen LogP contribution in [0.15, 0.2) is 60.7 Å². The Morgan fingerprint density at radius 2 is 1.69 bits per heavy atom. The molecular weight excluding hydrogens is 334 g/mol. The molecule has 2 aliphatic heterocycles. The maximum Gasteiger partial charge on any atom is 0.184 e. The minimum Gasteiger partial charge on any atom is -0.388 e. The van der Waals surface area contributed by atoms with Crippen LogP contribution in [0.3, 0.4) is 0 Å². The summed E-state index contributed by atoms with van der Waals surface area (Å²) in [6, 6.07) is 18.7. The van der Waals surface area contributed by atoms with Gasteiger partial charge in [-0.25, -0.2) is 0 Å². The van der Waals surface area contributed by atoms with E-state index in [4.69, 9.17) is 24.7 Å². The molecule has 2 aliphatic rings. The average molecular weight is 357 g/mol. The minimum absolute atomic E-state index is 0.305. The van der Waals surface area contributed by atoms with Crippen molar-refractivity contribution in [3.05, 3.63) is 71.8 Å². The van der Waals surface area contributed by atoms with E-state index in [-0.39, 0.29) is 0 Å². The molecule has 0 aromatic heterocycles. The fourth-order valence-electron chi connectivity index (χ4n) is 3.29. The molecule has 0 saturated carbocycles. The van der Waals surface area contributed by atoms with Crippen molar-refractivity contribution >= 4 is 0 Å². The third-order valence-electron chi connectivity index (χ3n) is 4.74. The van der Waals surface area contributed by atoms with Gasteiger partial charge in [0, 0.05) is 5.56 Å². The zero-order chi connectivity index (χ0) is 17.9. The van der Waals surface area contributed by atoms with Crippen LogP contribution in [0.2, 0.25) is 0 Å². The Morgan fingerprint density at radius 3 is 2.42 bits per heavy atom. The quantitative estimate of drug-likeness (QED) is 0.867. The predicted octanol–water partition coefficient (Wildman–Crippen LogP) is 1.73. The highest BCUT2D eigenvalue weighted by atomic mass is 16.7. The van der Waals surface area contributed by atoms with E-state index in [9.17, 15) is 5.11 Å². The normalized spacial score (nSPS) is 34.2. The third-order valence-corrected chi connectivity index (χ3v) is 4.74. The summed E-state index contributed by atoms with van der Waals surface area (Å²) >= 11 is 0. The van der Waals surface area contributed by atoms with Crippen LogP contribution in [-0.2, 0) is 25.6 Å². The first-order valence-electron chi connectivity index (χ1n) is 8.79. The monoisotopic (exact) mass is 357 g/mol. The highest BCUT2D eigenvalue weighted by Crippen LogP contribution is 2.33. The first kappa shape index (κ1) is 17.6. The fourth-order valence-corrected chi connectivity index (χ4v) is 3.29. The molecular formula is C20H23NO5. The van der Waals surface area contributed by atoms with E-state index in [2.05, 4.69) is 0 Å². The summed E-state index contributed by atoms with van der Waals surface area (Å²) in [5, 5.41) is 10.6. The van der Waals surface area contributed by atoms with Crippen molar-refractivity contribution in [1.29, 1.82) is 0 Å². The highest BCUT2D eigenvalue weighted by molar-refractivity contribution is 5.17. The molecule has 0 spiro atoms. The van der Waals surface area contributed by atoms with Crippen molar-refractivity contribution in [2.24, 2.45) is 5.73 Å². The van der Waals surface area contributed by atoms with E-state index in [0.717, 1.165) is 11.1 Å². The Hall–Kier alpha value is -1.80. The lowest BCUT2D eigenvalue weighted by molar-refractivity contribution is -0.343. The van der Waals surface area contributed by atoms with Gasteiger partial charge in [0.2, 0.25) is 0 Å². The van der Waals surface area contributed by atoms with Crippen molar-refractivity contribution in [2.45, 2.75) is 43.5 Å². The molecule has 0 radical (unpaired) electrons. The molecule has 0 aliphatic carbocycles. The summed E-state index contributed by atoms with van der Waals surface area (Å²) in [6.45, 7) is 0.664. The predicted molar refractivity (Wildman–Crippen MR) is 93.9 cm³/mol. The zero-order valence-corrected chi connectivity index (χ0v) is 14.3. The molecule has 2 fully saturated rings. The van der Waals surface area contributed by atoms with Gasteiger partial charge in [-0.2, -0.15) is 0 Å². The van der Waals surface area contributed by atoms with Gasteiger partial charge < -0.3 is 29.8 Å². The van der Waals surface area contributed by atoms with Crippen LogP contribution in [0, 0.1) is 0 Å². The van der Waals surface area contributed by atoms with Gasteiger partial charge in [-0.1, -0.05) is 60.7 Å². The number of aliphatic hydroxyl groups is 1. The molecule has 6 nitrogen and oxygen atoms in total. The lowest BCUT2D eigenvalue weighted by Crippen LogP contribution is -2.64. The van der Waals surface area contributed by atoms with Crippen molar-refractivity contribution < 1.29 is 24.1 Å². The second-order valence-electron chi connectivity index (χ2n) is 6.58. The van der Waals surface area contributed by atoms with Gasteiger partial charge in [-0.05, 0) is 5.56 Å². The Balaban J connectivity index is 1.40. The largest absolute Gasteiger partial charge is 0.388 e. The van der Waals surface area contributed by atoms with Gasteiger partial charge in [0.1, 0.15) is 18.3 Å². The number of aliphatic hydroxyl groups excluding tert-OH is 1. The van der Waals surface area contributed by atoms with E-state index < -0.39 is 36.9 Å². The fraction of sp³-hybridized carbons (Fsp3) is 0.400. The van der Waals surface area contributed by atoms with Gasteiger partial charge >= 0.3 is 0 Å². The van der Waals surface area contributed by atoms with Crippen LogP contribution in [0.4, 0.5) is 0 Å². The highest BCUT2D eigenvalue weighted by Gasteiger charge is 2.48. The lowest BCUT2D eigenvalue weighted by atomic mass is 9.96. The van der Waals surface area contributed by atoms with E-state index in [1.807, 2.05) is 60.7 Å². The molecule has 26 heavy (non-hydrogen) atoms. The van der Waals surface area contributed by atoms with Gasteiger partial charge in [0.05, 0.1) is 19.3 Å². The molecule has 2 saturated heterocycles. The minimum atomic E-state index is -0.898. The van der Waals surface area contributed by atoms with Gasteiger partial charge in [0.15, 0.2) is 12.6 Å². The first-order valence-corrected chi connectivity index (χ1v) is 8.79. The number of fused-ring (bicyclic) bond motifs is 1. The average Bonchev–Trinajstić information content (AvgIpc) is 2.71. The number of benzene rings is 2. The van der Waals surface area contributed by atoms with E-state index in [1.165, 1.54) is 0 Å². The van der Waals surface area contributed by atoms with E-state index in [0.29, 0.717) is 13.2 Å². The third kappa shape index (κ3) is 3.66. The molecule has 6 heteroatoms. The Morgan fingerprint density at radius 1 is 1.00 bits per heavy atom. The van der Waals surface area contributed by atoms with Crippen molar-refractivity contribution in [1.82, 2.24) is 0 Å². The maximum absolute atomic E-state index is 10.6. The molecule has 2 unspecified atom stereocenters. The first-order chi connectivity index (χ1) is 12.7. The van der Waals surface area contributed by atoms with Gasteiger partial charge in [-0.15, -0.1) is 0 Å². The maximum atomic E-state index is 10.6. The smallest absolute Gasteiger partial charge is 0.184 e. The Labute approximate surface area is 152 Å². The molecule has 4 rings (SSSR count). The molecule has 3 N–H and O–H groups in total. The summed E-state index contributed by atoms with van der Waals surface area (Å²) in [5.74, 6) is 0. The molecule has 2 heterocycles. The lowest BCUT2D eigenvalue weighted by Gasteiger charge is -2.46. The summed E-state index contributed by atoms with van der Waals surface area (Å²) in [6.07, 6.45) is -3.13. The summed E-state index contributed by atoms with van der Waals surface area (Å²) in [5.41, 5.74) is 8.07. The molecule has 138 valence electrons. The van der Waals surface area contributed by atoms with Crippen LogP contribution in [0.1, 0.15) is 17.4 Å². The molecule has 2 aromatic carbocycles. The van der Waals surface area contributed by atoms with E-state index in [1.54, 1.807) is 0 Å².